The fourth-order valence-corrected chi connectivity index (χ4v) is 3.20. The second-order valence-electron chi connectivity index (χ2n) is 7.00. The molecule has 0 saturated carbocycles. The van der Waals surface area contributed by atoms with E-state index in [0.29, 0.717) is 5.69 Å². The van der Waals surface area contributed by atoms with E-state index in [2.05, 4.69) is 5.10 Å². The summed E-state index contributed by atoms with van der Waals surface area (Å²) >= 11 is 0. The van der Waals surface area contributed by atoms with E-state index in [9.17, 15) is 29.6 Å². The second kappa shape index (κ2) is 6.87. The van der Waals surface area contributed by atoms with Crippen molar-refractivity contribution in [2.24, 2.45) is 5.41 Å². The van der Waals surface area contributed by atoms with E-state index in [1.807, 2.05) is 0 Å². The molecule has 2 aromatic rings. The Labute approximate surface area is 159 Å². The largest absolute Gasteiger partial charge is 0.481 e. The first kappa shape index (κ1) is 19.2. The van der Waals surface area contributed by atoms with Crippen molar-refractivity contribution in [2.75, 3.05) is 13.1 Å². The first-order chi connectivity index (χ1) is 13.1. The number of rotatable bonds is 4. The van der Waals surface area contributed by atoms with Crippen LogP contribution in [0, 0.1) is 22.5 Å². The predicted octanol–water partition coefficient (Wildman–Crippen LogP) is 1.39. The number of nitro groups is 1. The highest BCUT2D eigenvalue weighted by Gasteiger charge is 2.43. The fraction of sp³-hybridized carbons (Fsp3) is 0.333. The number of para-hydroxylation sites is 2. The Morgan fingerprint density at radius 2 is 2.00 bits per heavy atom. The van der Waals surface area contributed by atoms with Gasteiger partial charge in [0.05, 0.1) is 10.3 Å². The average Bonchev–Trinajstić information content (AvgIpc) is 3.05. The molecule has 1 aromatic heterocycles. The van der Waals surface area contributed by atoms with Crippen LogP contribution in [0.25, 0.3) is 5.69 Å². The molecule has 1 N–H and O–H groups in total. The standard InChI is InChI=1S/C18H18N4O6/c1-11-9-14(23)15(16(24)20-8-7-18(2,10-20)17(25)26)19-21(11)12-5-3-4-6-13(12)22(27)28/h3-6,9H,7-8,10H2,1-2H3,(H,25,26). The number of nitrogens with zero attached hydrogens (tertiary/aromatic N) is 4. The fourth-order valence-electron chi connectivity index (χ4n) is 3.20. The summed E-state index contributed by atoms with van der Waals surface area (Å²) in [6.07, 6.45) is 0.262. The monoisotopic (exact) mass is 386 g/mol. The number of benzene rings is 1. The van der Waals surface area contributed by atoms with Crippen LogP contribution in [0.15, 0.2) is 35.1 Å². The highest BCUT2D eigenvalue weighted by molar-refractivity contribution is 5.93. The second-order valence-corrected chi connectivity index (χ2v) is 7.00. The van der Waals surface area contributed by atoms with E-state index < -0.39 is 33.3 Å². The van der Waals surface area contributed by atoms with Crippen molar-refractivity contribution >= 4 is 17.6 Å². The summed E-state index contributed by atoms with van der Waals surface area (Å²) in [5.74, 6) is -1.71. The van der Waals surface area contributed by atoms with E-state index in [-0.39, 0.29) is 30.9 Å². The molecule has 0 aliphatic carbocycles. The Kier molecular flexibility index (Phi) is 4.72. The Bertz CT molecular complexity index is 1050. The molecular weight excluding hydrogens is 368 g/mol. The smallest absolute Gasteiger partial charge is 0.311 e. The Hall–Kier alpha value is -3.56. The minimum atomic E-state index is -1.09. The summed E-state index contributed by atoms with van der Waals surface area (Å²) < 4.78 is 1.18. The first-order valence-corrected chi connectivity index (χ1v) is 8.51. The number of hydrogen-bond donors (Lipinski definition) is 1. The van der Waals surface area contributed by atoms with E-state index in [1.165, 1.54) is 40.8 Å². The van der Waals surface area contributed by atoms with Crippen molar-refractivity contribution in [3.8, 4) is 5.69 Å². The molecule has 1 aromatic carbocycles. The van der Waals surface area contributed by atoms with E-state index >= 15 is 0 Å². The lowest BCUT2D eigenvalue weighted by Crippen LogP contribution is -2.38. The predicted molar refractivity (Wildman–Crippen MR) is 97.5 cm³/mol. The first-order valence-electron chi connectivity index (χ1n) is 8.51. The molecule has 2 heterocycles. The summed E-state index contributed by atoms with van der Waals surface area (Å²) in [6.45, 7) is 3.23. The number of carbonyl (C=O) groups is 2. The zero-order chi connectivity index (χ0) is 20.6. The lowest BCUT2D eigenvalue weighted by molar-refractivity contribution is -0.384. The van der Waals surface area contributed by atoms with Gasteiger partial charge in [0.1, 0.15) is 5.69 Å². The zero-order valence-corrected chi connectivity index (χ0v) is 15.3. The van der Waals surface area contributed by atoms with Crippen LogP contribution in [0.3, 0.4) is 0 Å². The van der Waals surface area contributed by atoms with Crippen molar-refractivity contribution in [1.29, 1.82) is 0 Å². The van der Waals surface area contributed by atoms with Gasteiger partial charge in [0.15, 0.2) is 5.69 Å². The van der Waals surface area contributed by atoms with Gasteiger partial charge in [0, 0.05) is 30.9 Å². The lowest BCUT2D eigenvalue weighted by atomic mass is 9.90. The maximum absolute atomic E-state index is 12.8. The lowest BCUT2D eigenvalue weighted by Gasteiger charge is -2.20. The highest BCUT2D eigenvalue weighted by atomic mass is 16.6. The molecule has 1 atom stereocenters. The van der Waals surface area contributed by atoms with Crippen molar-refractivity contribution < 1.29 is 19.6 Å². The van der Waals surface area contributed by atoms with Crippen LogP contribution in [0.2, 0.25) is 0 Å². The van der Waals surface area contributed by atoms with Crippen molar-refractivity contribution in [3.63, 3.8) is 0 Å². The Morgan fingerprint density at radius 3 is 2.61 bits per heavy atom. The van der Waals surface area contributed by atoms with Gasteiger partial charge in [-0.3, -0.25) is 24.5 Å². The third-order valence-electron chi connectivity index (χ3n) is 4.89. The van der Waals surface area contributed by atoms with Crippen LogP contribution in [-0.2, 0) is 4.79 Å². The van der Waals surface area contributed by atoms with Crippen LogP contribution in [-0.4, -0.2) is 49.7 Å². The highest BCUT2D eigenvalue weighted by Crippen LogP contribution is 2.30. The Morgan fingerprint density at radius 1 is 1.32 bits per heavy atom. The maximum atomic E-state index is 12.8. The van der Waals surface area contributed by atoms with Gasteiger partial charge in [0.2, 0.25) is 5.43 Å². The van der Waals surface area contributed by atoms with Gasteiger partial charge in [-0.2, -0.15) is 5.10 Å². The molecule has 1 aliphatic heterocycles. The number of aromatic nitrogens is 2. The minimum absolute atomic E-state index is 0.0400. The number of carbonyl (C=O) groups excluding carboxylic acids is 1. The molecule has 1 fully saturated rings. The quantitative estimate of drug-likeness (QED) is 0.619. The molecule has 0 spiro atoms. The van der Waals surface area contributed by atoms with Crippen LogP contribution in [0.1, 0.15) is 29.5 Å². The van der Waals surface area contributed by atoms with E-state index in [1.54, 1.807) is 13.0 Å². The number of carboxylic acid groups (broad SMARTS) is 1. The van der Waals surface area contributed by atoms with Gasteiger partial charge in [-0.15, -0.1) is 0 Å². The molecule has 1 saturated heterocycles. The zero-order valence-electron chi connectivity index (χ0n) is 15.3. The summed E-state index contributed by atoms with van der Waals surface area (Å²) in [4.78, 5) is 48.6. The van der Waals surface area contributed by atoms with Crippen LogP contribution in [0.4, 0.5) is 5.69 Å². The normalized spacial score (nSPS) is 18.9. The summed E-state index contributed by atoms with van der Waals surface area (Å²) in [5, 5.41) is 24.7. The number of likely N-dealkylation sites (tertiary alicyclic amines) is 1. The molecule has 10 heteroatoms. The number of carboxylic acids is 1. The van der Waals surface area contributed by atoms with Gasteiger partial charge in [-0.1, -0.05) is 12.1 Å². The third-order valence-corrected chi connectivity index (χ3v) is 4.89. The maximum Gasteiger partial charge on any atom is 0.311 e. The molecule has 3 rings (SSSR count). The van der Waals surface area contributed by atoms with Crippen molar-refractivity contribution in [3.05, 3.63) is 62.1 Å². The van der Waals surface area contributed by atoms with Crippen molar-refractivity contribution in [1.82, 2.24) is 14.7 Å². The molecule has 10 nitrogen and oxygen atoms in total. The summed E-state index contributed by atoms with van der Waals surface area (Å²) in [7, 11) is 0. The number of nitro benzene ring substituents is 1. The number of aliphatic carboxylic acids is 1. The van der Waals surface area contributed by atoms with E-state index in [4.69, 9.17) is 0 Å². The molecular formula is C18H18N4O6. The molecule has 1 unspecified atom stereocenters. The van der Waals surface area contributed by atoms with Gasteiger partial charge in [0.25, 0.3) is 11.6 Å². The van der Waals surface area contributed by atoms with Gasteiger partial charge in [-0.05, 0) is 26.3 Å². The van der Waals surface area contributed by atoms with E-state index in [0.717, 1.165) is 0 Å². The average molecular weight is 386 g/mol. The molecule has 28 heavy (non-hydrogen) atoms. The van der Waals surface area contributed by atoms with Crippen LogP contribution >= 0.6 is 0 Å². The minimum Gasteiger partial charge on any atom is -0.481 e. The van der Waals surface area contributed by atoms with Crippen LogP contribution in [0.5, 0.6) is 0 Å². The van der Waals surface area contributed by atoms with Gasteiger partial charge in [-0.25, -0.2) is 4.68 Å². The van der Waals surface area contributed by atoms with Crippen molar-refractivity contribution in [2.45, 2.75) is 20.3 Å². The number of aryl methyl sites for hydroxylation is 1. The van der Waals surface area contributed by atoms with Gasteiger partial charge >= 0.3 is 5.97 Å². The molecule has 0 radical (unpaired) electrons. The summed E-state index contributed by atoms with van der Waals surface area (Å²) in [6, 6.07) is 7.04. The molecule has 146 valence electrons. The molecule has 1 aliphatic rings. The van der Waals surface area contributed by atoms with Gasteiger partial charge < -0.3 is 10.0 Å². The Balaban J connectivity index is 2.04. The van der Waals surface area contributed by atoms with Crippen LogP contribution < -0.4 is 5.43 Å². The SMILES string of the molecule is Cc1cc(=O)c(C(=O)N2CCC(C)(C(=O)O)C2)nn1-c1ccccc1[N+](=O)[O-]. The summed E-state index contributed by atoms with van der Waals surface area (Å²) in [5.41, 5.74) is -1.89. The number of amides is 1. The molecule has 0 bridgehead atoms. The number of hydrogen-bond acceptors (Lipinski definition) is 6. The third kappa shape index (κ3) is 3.24. The topological polar surface area (TPSA) is 136 Å². The molecule has 1 amide bonds.